The second-order valence-corrected chi connectivity index (χ2v) is 6.05. The first-order chi connectivity index (χ1) is 10.9. The zero-order valence-corrected chi connectivity index (χ0v) is 14.3. The number of nitrogens with zero attached hydrogens (tertiary/aromatic N) is 1. The van der Waals surface area contributed by atoms with Crippen LogP contribution < -0.4 is 10.1 Å². The Labute approximate surface area is 137 Å². The Morgan fingerprint density at radius 2 is 2.00 bits per heavy atom. The van der Waals surface area contributed by atoms with Gasteiger partial charge in [-0.25, -0.2) is 0 Å². The molecule has 124 valence electrons. The standard InChI is InChI=1S/C18H24N2O3/c1-11(2)17-16(13(4)20-23-17)18(21)19-12(3)10-14-8-6-7-9-15(14)22-5/h6-9,11-12H,10H2,1-5H3,(H,19,21). The van der Waals surface area contributed by atoms with Gasteiger partial charge in [0.25, 0.3) is 5.91 Å². The van der Waals surface area contributed by atoms with Crippen LogP contribution in [-0.4, -0.2) is 24.2 Å². The van der Waals surface area contributed by atoms with Gasteiger partial charge in [-0.3, -0.25) is 4.79 Å². The molecule has 1 amide bonds. The highest BCUT2D eigenvalue weighted by Gasteiger charge is 2.23. The van der Waals surface area contributed by atoms with E-state index in [2.05, 4.69) is 10.5 Å². The lowest BCUT2D eigenvalue weighted by Gasteiger charge is -2.16. The van der Waals surface area contributed by atoms with Crippen molar-refractivity contribution < 1.29 is 14.1 Å². The third-order valence-corrected chi connectivity index (χ3v) is 3.74. The SMILES string of the molecule is COc1ccccc1CC(C)NC(=O)c1c(C)noc1C(C)C. The van der Waals surface area contributed by atoms with Crippen LogP contribution in [0.4, 0.5) is 0 Å². The summed E-state index contributed by atoms with van der Waals surface area (Å²) in [6.07, 6.45) is 0.692. The first kappa shape index (κ1) is 17.1. The molecular weight excluding hydrogens is 292 g/mol. The average molecular weight is 316 g/mol. The summed E-state index contributed by atoms with van der Waals surface area (Å²) in [5, 5.41) is 6.95. The lowest BCUT2D eigenvalue weighted by Crippen LogP contribution is -2.34. The van der Waals surface area contributed by atoms with Crippen LogP contribution in [0.5, 0.6) is 5.75 Å². The number of carbonyl (C=O) groups excluding carboxylic acids is 1. The van der Waals surface area contributed by atoms with E-state index in [4.69, 9.17) is 9.26 Å². The van der Waals surface area contributed by atoms with Crippen molar-refractivity contribution in [3.05, 3.63) is 46.8 Å². The van der Waals surface area contributed by atoms with E-state index in [1.165, 1.54) is 0 Å². The minimum Gasteiger partial charge on any atom is -0.496 e. The minimum atomic E-state index is -0.144. The Morgan fingerprint density at radius 3 is 2.65 bits per heavy atom. The number of para-hydroxylation sites is 1. The molecule has 0 bridgehead atoms. The number of rotatable bonds is 6. The molecule has 0 saturated carbocycles. The lowest BCUT2D eigenvalue weighted by molar-refractivity contribution is 0.0937. The van der Waals surface area contributed by atoms with Crippen LogP contribution >= 0.6 is 0 Å². The minimum absolute atomic E-state index is 0.0342. The summed E-state index contributed by atoms with van der Waals surface area (Å²) in [5.74, 6) is 1.43. The van der Waals surface area contributed by atoms with Gasteiger partial charge in [0.05, 0.1) is 12.8 Å². The third kappa shape index (κ3) is 3.92. The molecule has 2 aromatic rings. The molecule has 0 radical (unpaired) electrons. The van der Waals surface area contributed by atoms with Crippen molar-refractivity contribution in [1.29, 1.82) is 0 Å². The molecule has 23 heavy (non-hydrogen) atoms. The highest BCUT2D eigenvalue weighted by atomic mass is 16.5. The van der Waals surface area contributed by atoms with E-state index in [1.807, 2.05) is 45.0 Å². The number of methoxy groups -OCH3 is 1. The largest absolute Gasteiger partial charge is 0.496 e. The second kappa shape index (κ2) is 7.31. The summed E-state index contributed by atoms with van der Waals surface area (Å²) in [5.41, 5.74) is 2.23. The molecule has 0 aliphatic heterocycles. The number of aryl methyl sites for hydroxylation is 1. The topological polar surface area (TPSA) is 64.4 Å². The normalized spacial score (nSPS) is 12.3. The Balaban J connectivity index is 2.10. The maximum Gasteiger partial charge on any atom is 0.257 e. The molecule has 0 saturated heterocycles. The van der Waals surface area contributed by atoms with E-state index in [0.717, 1.165) is 11.3 Å². The molecule has 0 aliphatic rings. The Morgan fingerprint density at radius 1 is 1.30 bits per heavy atom. The van der Waals surface area contributed by atoms with Crippen molar-refractivity contribution in [3.8, 4) is 5.75 Å². The van der Waals surface area contributed by atoms with Gasteiger partial charge in [0.1, 0.15) is 11.3 Å². The number of ether oxygens (including phenoxy) is 1. The number of hydrogen-bond acceptors (Lipinski definition) is 4. The van der Waals surface area contributed by atoms with E-state index in [9.17, 15) is 4.79 Å². The van der Waals surface area contributed by atoms with Gasteiger partial charge in [-0.2, -0.15) is 0 Å². The maximum absolute atomic E-state index is 12.6. The Bertz CT molecular complexity index is 677. The van der Waals surface area contributed by atoms with E-state index in [-0.39, 0.29) is 17.9 Å². The summed E-state index contributed by atoms with van der Waals surface area (Å²) in [4.78, 5) is 12.6. The molecule has 0 fully saturated rings. The molecule has 1 N–H and O–H groups in total. The van der Waals surface area contributed by atoms with Gasteiger partial charge < -0.3 is 14.6 Å². The van der Waals surface area contributed by atoms with Gasteiger partial charge in [-0.15, -0.1) is 0 Å². The van der Waals surface area contributed by atoms with E-state index in [1.54, 1.807) is 14.0 Å². The maximum atomic E-state index is 12.6. The number of aromatic nitrogens is 1. The van der Waals surface area contributed by atoms with Gasteiger partial charge in [0.15, 0.2) is 5.76 Å². The Kier molecular flexibility index (Phi) is 5.42. The molecule has 2 rings (SSSR count). The van der Waals surface area contributed by atoms with Crippen LogP contribution in [0.2, 0.25) is 0 Å². The molecule has 0 spiro atoms. The van der Waals surface area contributed by atoms with Crippen LogP contribution in [0, 0.1) is 6.92 Å². The zero-order chi connectivity index (χ0) is 17.0. The molecule has 5 heteroatoms. The van der Waals surface area contributed by atoms with Crippen LogP contribution in [-0.2, 0) is 6.42 Å². The molecule has 1 unspecified atom stereocenters. The molecule has 1 aromatic heterocycles. The van der Waals surface area contributed by atoms with Crippen LogP contribution in [0.3, 0.4) is 0 Å². The van der Waals surface area contributed by atoms with Crippen molar-refractivity contribution in [2.24, 2.45) is 0 Å². The van der Waals surface area contributed by atoms with Gasteiger partial charge in [0.2, 0.25) is 0 Å². The summed E-state index contributed by atoms with van der Waals surface area (Å²) in [6, 6.07) is 7.79. The summed E-state index contributed by atoms with van der Waals surface area (Å²) in [7, 11) is 1.65. The van der Waals surface area contributed by atoms with Crippen LogP contribution in [0.1, 0.15) is 54.1 Å². The predicted molar refractivity (Wildman–Crippen MR) is 89.0 cm³/mol. The number of hydrogen-bond donors (Lipinski definition) is 1. The summed E-state index contributed by atoms with van der Waals surface area (Å²) in [6.45, 7) is 7.72. The summed E-state index contributed by atoms with van der Waals surface area (Å²) < 4.78 is 10.6. The van der Waals surface area contributed by atoms with Gasteiger partial charge >= 0.3 is 0 Å². The number of benzene rings is 1. The molecule has 1 atom stereocenters. The van der Waals surface area contributed by atoms with Crippen LogP contribution in [0.25, 0.3) is 0 Å². The first-order valence-electron chi connectivity index (χ1n) is 7.83. The van der Waals surface area contributed by atoms with Crippen molar-refractivity contribution in [1.82, 2.24) is 10.5 Å². The highest BCUT2D eigenvalue weighted by molar-refractivity contribution is 5.96. The first-order valence-corrected chi connectivity index (χ1v) is 7.83. The van der Waals surface area contributed by atoms with Crippen molar-refractivity contribution >= 4 is 5.91 Å². The van der Waals surface area contributed by atoms with E-state index in [0.29, 0.717) is 23.4 Å². The van der Waals surface area contributed by atoms with Crippen molar-refractivity contribution in [2.45, 2.75) is 46.1 Å². The van der Waals surface area contributed by atoms with Crippen LogP contribution in [0.15, 0.2) is 28.8 Å². The van der Waals surface area contributed by atoms with Gasteiger partial charge in [-0.05, 0) is 31.9 Å². The van der Waals surface area contributed by atoms with Crippen molar-refractivity contribution in [2.75, 3.05) is 7.11 Å². The van der Waals surface area contributed by atoms with Gasteiger partial charge in [-0.1, -0.05) is 37.2 Å². The molecule has 0 aliphatic carbocycles. The quantitative estimate of drug-likeness (QED) is 0.886. The number of carbonyl (C=O) groups is 1. The number of amides is 1. The third-order valence-electron chi connectivity index (χ3n) is 3.74. The highest BCUT2D eigenvalue weighted by Crippen LogP contribution is 2.23. The van der Waals surface area contributed by atoms with Crippen molar-refractivity contribution in [3.63, 3.8) is 0 Å². The van der Waals surface area contributed by atoms with E-state index >= 15 is 0 Å². The number of nitrogens with one attached hydrogen (secondary N) is 1. The fourth-order valence-corrected chi connectivity index (χ4v) is 2.61. The molecule has 1 aromatic carbocycles. The summed E-state index contributed by atoms with van der Waals surface area (Å²) >= 11 is 0. The van der Waals surface area contributed by atoms with E-state index < -0.39 is 0 Å². The fourth-order valence-electron chi connectivity index (χ4n) is 2.61. The average Bonchev–Trinajstić information content (AvgIpc) is 2.89. The van der Waals surface area contributed by atoms with Gasteiger partial charge in [0, 0.05) is 12.0 Å². The zero-order valence-electron chi connectivity index (χ0n) is 14.3. The molecular formula is C18H24N2O3. The molecule has 1 heterocycles. The smallest absolute Gasteiger partial charge is 0.257 e. The molecule has 5 nitrogen and oxygen atoms in total. The predicted octanol–water partition coefficient (Wildman–Crippen LogP) is 3.48. The lowest BCUT2D eigenvalue weighted by atomic mass is 10.0. The monoisotopic (exact) mass is 316 g/mol. The Hall–Kier alpha value is -2.30. The fraction of sp³-hybridized carbons (Fsp3) is 0.444. The second-order valence-electron chi connectivity index (χ2n) is 6.05.